The number of carbonyl (C=O) groups is 2. The Bertz CT molecular complexity index is 2620. The van der Waals surface area contributed by atoms with Crippen LogP contribution in [0.15, 0.2) is 97.1 Å². The number of aliphatic carboxylic acids is 2. The van der Waals surface area contributed by atoms with E-state index in [4.69, 9.17) is 42.1 Å². The van der Waals surface area contributed by atoms with E-state index in [2.05, 4.69) is 0 Å². The van der Waals surface area contributed by atoms with Gasteiger partial charge in [0.05, 0.1) is 23.3 Å². The molecule has 0 aliphatic rings. The van der Waals surface area contributed by atoms with Crippen molar-refractivity contribution in [1.82, 2.24) is 9.80 Å². The van der Waals surface area contributed by atoms with E-state index in [1.165, 1.54) is 36.0 Å². The second kappa shape index (κ2) is 23.9. The molecule has 6 aromatic carbocycles. The number of halogens is 6. The van der Waals surface area contributed by atoms with Crippen molar-refractivity contribution in [3.05, 3.63) is 175 Å². The van der Waals surface area contributed by atoms with E-state index in [0.29, 0.717) is 11.1 Å². The summed E-state index contributed by atoms with van der Waals surface area (Å²) in [5.41, 5.74) is 6.46. The highest BCUT2D eigenvalue weighted by Gasteiger charge is 2.26. The van der Waals surface area contributed by atoms with E-state index >= 15 is 0 Å². The molecule has 0 spiro atoms. The molecule has 0 saturated heterocycles. The lowest BCUT2D eigenvalue weighted by molar-refractivity contribution is -0.145. The average molecular weight is 1010 g/mol. The fraction of sp³-hybridized carbons (Fsp3) is 0.269. The molecule has 2 atom stereocenters. The molecule has 0 bridgehead atoms. The van der Waals surface area contributed by atoms with Crippen LogP contribution >= 0.6 is 23.2 Å². The van der Waals surface area contributed by atoms with E-state index in [9.17, 15) is 47.6 Å². The molecule has 18 heteroatoms. The summed E-state index contributed by atoms with van der Waals surface area (Å²) in [5, 5.41) is 39.0. The standard InChI is InChI=1S/C52H50Cl2F4N2O10/c1-29-33(27-69-49-19-47(67-25-31-11-37(55)17-38(56)12-31)35(15-43(49)53)21-59(3)45(23-61)51(63)64)7-5-9-41(29)42-10-6-8-34(30(42)2)28-70-50-20-48(68-26-32-13-39(57)18-40(58)14-32)36(16-44(50)54)22-60(4)46(24-62)52(65)66/h5-20,45-46,61-62H,21-28H2,1-4H3,(H,63,64)(H,65,66)/t45-,46-/m0/s1. The van der Waals surface area contributed by atoms with Crippen molar-refractivity contribution in [2.24, 2.45) is 0 Å². The van der Waals surface area contributed by atoms with Gasteiger partial charge in [0, 0.05) is 48.5 Å². The largest absolute Gasteiger partial charge is 0.488 e. The first kappa shape index (κ1) is 53.0. The Kier molecular flexibility index (Phi) is 18.1. The molecule has 0 heterocycles. The maximum atomic E-state index is 14.0. The Balaban J connectivity index is 1.22. The topological polar surface area (TPSA) is 158 Å². The number of aliphatic hydroxyl groups excluding tert-OH is 2. The molecule has 0 radical (unpaired) electrons. The van der Waals surface area contributed by atoms with Crippen molar-refractivity contribution in [3.8, 4) is 34.1 Å². The lowest BCUT2D eigenvalue weighted by Crippen LogP contribution is -2.40. The molecular weight excluding hydrogens is 959 g/mol. The zero-order chi connectivity index (χ0) is 50.8. The van der Waals surface area contributed by atoms with Crippen LogP contribution in [0.1, 0.15) is 44.5 Å². The third-order valence-corrected chi connectivity index (χ3v) is 12.2. The highest BCUT2D eigenvalue weighted by atomic mass is 35.5. The van der Waals surface area contributed by atoms with E-state index in [1.54, 1.807) is 12.1 Å². The first-order valence-corrected chi connectivity index (χ1v) is 22.4. The normalized spacial score (nSPS) is 12.3. The molecule has 0 unspecified atom stereocenters. The number of hydrogen-bond donors (Lipinski definition) is 4. The van der Waals surface area contributed by atoms with Gasteiger partial charge in [-0.15, -0.1) is 0 Å². The molecule has 70 heavy (non-hydrogen) atoms. The van der Waals surface area contributed by atoms with Crippen LogP contribution in [0, 0.1) is 37.1 Å². The fourth-order valence-electron chi connectivity index (χ4n) is 7.74. The number of carboxylic acids is 2. The average Bonchev–Trinajstić information content (AvgIpc) is 3.28. The van der Waals surface area contributed by atoms with Crippen LogP contribution in [0.3, 0.4) is 0 Å². The molecule has 6 rings (SSSR count). The van der Waals surface area contributed by atoms with Gasteiger partial charge in [-0.3, -0.25) is 19.4 Å². The monoisotopic (exact) mass is 1010 g/mol. The second-order valence-electron chi connectivity index (χ2n) is 16.6. The second-order valence-corrected chi connectivity index (χ2v) is 17.4. The maximum Gasteiger partial charge on any atom is 0.323 e. The van der Waals surface area contributed by atoms with Crippen LogP contribution in [-0.2, 0) is 49.1 Å². The molecule has 12 nitrogen and oxygen atoms in total. The number of aliphatic hydroxyl groups is 2. The smallest absolute Gasteiger partial charge is 0.323 e. The third kappa shape index (κ3) is 13.5. The Morgan fingerprint density at radius 3 is 1.19 bits per heavy atom. The number of likely N-dealkylation sites (N-methyl/N-ethyl adjacent to an activating group) is 2. The van der Waals surface area contributed by atoms with E-state index < -0.39 is 60.5 Å². The minimum absolute atomic E-state index is 0.0223. The quantitative estimate of drug-likeness (QED) is 0.0451. The van der Waals surface area contributed by atoms with Crippen LogP contribution < -0.4 is 18.9 Å². The lowest BCUT2D eigenvalue weighted by atomic mass is 9.92. The van der Waals surface area contributed by atoms with Gasteiger partial charge in [0.1, 0.15) is 84.8 Å². The fourth-order valence-corrected chi connectivity index (χ4v) is 8.23. The van der Waals surface area contributed by atoms with Gasteiger partial charge in [-0.2, -0.15) is 0 Å². The van der Waals surface area contributed by atoms with Gasteiger partial charge in [-0.25, -0.2) is 17.6 Å². The first-order chi connectivity index (χ1) is 33.3. The van der Waals surface area contributed by atoms with Gasteiger partial charge in [0.25, 0.3) is 0 Å². The van der Waals surface area contributed by atoms with Crippen molar-refractivity contribution in [2.75, 3.05) is 27.3 Å². The molecule has 0 aliphatic carbocycles. The number of carboxylic acid groups (broad SMARTS) is 2. The number of ether oxygens (including phenoxy) is 4. The van der Waals surface area contributed by atoms with Crippen molar-refractivity contribution in [3.63, 3.8) is 0 Å². The van der Waals surface area contributed by atoms with Crippen molar-refractivity contribution in [2.45, 2.75) is 65.4 Å². The summed E-state index contributed by atoms with van der Waals surface area (Å²) in [6.45, 7) is 2.16. The van der Waals surface area contributed by atoms with E-state index in [-0.39, 0.29) is 83.7 Å². The van der Waals surface area contributed by atoms with Crippen molar-refractivity contribution < 1.29 is 66.5 Å². The Morgan fingerprint density at radius 2 is 0.857 bits per heavy atom. The highest BCUT2D eigenvalue weighted by Crippen LogP contribution is 2.38. The van der Waals surface area contributed by atoms with Crippen molar-refractivity contribution in [1.29, 1.82) is 0 Å². The zero-order valence-corrected chi connectivity index (χ0v) is 40.0. The summed E-state index contributed by atoms with van der Waals surface area (Å²) < 4.78 is 80.7. The number of rotatable bonds is 23. The minimum atomic E-state index is -1.24. The molecular formula is C52H50Cl2F4N2O10. The van der Waals surface area contributed by atoms with E-state index in [0.717, 1.165) is 69.8 Å². The molecule has 0 aromatic heterocycles. The van der Waals surface area contributed by atoms with Crippen LogP contribution in [-0.4, -0.2) is 81.6 Å². The predicted octanol–water partition coefficient (Wildman–Crippen LogP) is 9.90. The summed E-state index contributed by atoms with van der Waals surface area (Å²) in [7, 11) is 3.01. The van der Waals surface area contributed by atoms with Crippen molar-refractivity contribution >= 4 is 35.1 Å². The van der Waals surface area contributed by atoms with E-state index in [1.807, 2.05) is 50.2 Å². The molecule has 4 N–H and O–H groups in total. The molecule has 0 fully saturated rings. The summed E-state index contributed by atoms with van der Waals surface area (Å²) in [4.78, 5) is 26.4. The summed E-state index contributed by atoms with van der Waals surface area (Å²) >= 11 is 13.5. The SMILES string of the molecule is Cc1c(COc2cc(OCc3cc(F)cc(F)c3)c(CN(C)[C@@H](CO)C(=O)O)cc2Cl)cccc1-c1cccc(COc2cc(OCc3cc(F)cc(F)c3)c(CN(C)[C@@H](CO)C(=O)O)cc2Cl)c1C. The number of nitrogens with zero attached hydrogens (tertiary/aromatic N) is 2. The molecule has 0 aliphatic heterocycles. The number of hydrogen-bond acceptors (Lipinski definition) is 10. The lowest BCUT2D eigenvalue weighted by Gasteiger charge is -2.24. The van der Waals surface area contributed by atoms with Crippen LogP contribution in [0.25, 0.3) is 11.1 Å². The zero-order valence-electron chi connectivity index (χ0n) is 38.4. The Morgan fingerprint density at radius 1 is 0.514 bits per heavy atom. The van der Waals surface area contributed by atoms with Crippen LogP contribution in [0.4, 0.5) is 17.6 Å². The molecule has 0 amide bonds. The Labute approximate surface area is 411 Å². The van der Waals surface area contributed by atoms with Gasteiger partial charge in [0.2, 0.25) is 0 Å². The first-order valence-electron chi connectivity index (χ1n) is 21.7. The predicted molar refractivity (Wildman–Crippen MR) is 254 cm³/mol. The van der Waals surface area contributed by atoms with Crippen LogP contribution in [0.2, 0.25) is 10.0 Å². The van der Waals surface area contributed by atoms with Gasteiger partial charge >= 0.3 is 11.9 Å². The van der Waals surface area contributed by atoms with Crippen LogP contribution in [0.5, 0.6) is 23.0 Å². The Hall–Kier alpha value is -6.40. The minimum Gasteiger partial charge on any atom is -0.488 e. The highest BCUT2D eigenvalue weighted by molar-refractivity contribution is 6.32. The summed E-state index contributed by atoms with van der Waals surface area (Å²) in [6, 6.07) is 21.2. The molecule has 370 valence electrons. The van der Waals surface area contributed by atoms with Gasteiger partial charge < -0.3 is 39.4 Å². The maximum absolute atomic E-state index is 14.0. The van der Waals surface area contributed by atoms with Gasteiger partial charge in [0.15, 0.2) is 0 Å². The third-order valence-electron chi connectivity index (χ3n) is 11.6. The van der Waals surface area contributed by atoms with Gasteiger partial charge in [-0.05, 0) is 109 Å². The molecule has 0 saturated carbocycles. The summed E-state index contributed by atoms with van der Waals surface area (Å²) in [5.74, 6) is -4.77. The number of benzene rings is 6. The summed E-state index contributed by atoms with van der Waals surface area (Å²) in [6.07, 6.45) is 0. The van der Waals surface area contributed by atoms with Gasteiger partial charge in [-0.1, -0.05) is 59.6 Å². The molecule has 6 aromatic rings.